The van der Waals surface area contributed by atoms with E-state index in [2.05, 4.69) is 23.1 Å². The Bertz CT molecular complexity index is 330. The van der Waals surface area contributed by atoms with Crippen molar-refractivity contribution in [2.75, 3.05) is 5.75 Å². The van der Waals surface area contributed by atoms with Gasteiger partial charge in [-0.15, -0.1) is 0 Å². The monoisotopic (exact) mass is 228 g/mol. The maximum Gasteiger partial charge on any atom is 0.221 e. The molecule has 0 aliphatic heterocycles. The highest BCUT2D eigenvalue weighted by molar-refractivity contribution is 7.80. The molecule has 0 saturated heterocycles. The van der Waals surface area contributed by atoms with Crippen molar-refractivity contribution in [3.05, 3.63) is 17.0 Å². The summed E-state index contributed by atoms with van der Waals surface area (Å²) in [7, 11) is 0. The zero-order chi connectivity index (χ0) is 11.4. The Hall–Kier alpha value is -0.970. The van der Waals surface area contributed by atoms with Crippen LogP contribution >= 0.6 is 12.6 Å². The Labute approximate surface area is 94.8 Å². The molecule has 5 heteroatoms. The number of hydrogen-bond acceptors (Lipinski definition) is 4. The van der Waals surface area contributed by atoms with Gasteiger partial charge in [-0.3, -0.25) is 4.79 Å². The van der Waals surface area contributed by atoms with Gasteiger partial charge >= 0.3 is 0 Å². The van der Waals surface area contributed by atoms with E-state index in [-0.39, 0.29) is 11.9 Å². The standard InChI is InChI=1S/C10H16N2O2S/c1-6(11-9(13)4-5-15)10-7(2)12-14-8(10)3/h6,15H,4-5H2,1-3H3,(H,11,13). The smallest absolute Gasteiger partial charge is 0.221 e. The molecule has 84 valence electrons. The Morgan fingerprint density at radius 3 is 2.73 bits per heavy atom. The van der Waals surface area contributed by atoms with E-state index in [4.69, 9.17) is 4.52 Å². The number of aryl methyl sites for hydroxylation is 2. The molecule has 0 aromatic carbocycles. The van der Waals surface area contributed by atoms with Gasteiger partial charge in [0, 0.05) is 12.0 Å². The molecule has 1 aromatic rings. The number of thiol groups is 1. The summed E-state index contributed by atoms with van der Waals surface area (Å²) < 4.78 is 5.04. The van der Waals surface area contributed by atoms with Crippen molar-refractivity contribution in [2.45, 2.75) is 33.2 Å². The van der Waals surface area contributed by atoms with E-state index in [0.717, 1.165) is 17.0 Å². The number of nitrogens with one attached hydrogen (secondary N) is 1. The largest absolute Gasteiger partial charge is 0.361 e. The molecule has 0 spiro atoms. The normalized spacial score (nSPS) is 12.5. The Balaban J connectivity index is 2.68. The molecule has 1 aromatic heterocycles. The Morgan fingerprint density at radius 1 is 1.60 bits per heavy atom. The number of hydrogen-bond donors (Lipinski definition) is 2. The summed E-state index contributed by atoms with van der Waals surface area (Å²) in [4.78, 5) is 11.4. The second-order valence-electron chi connectivity index (χ2n) is 3.50. The van der Waals surface area contributed by atoms with Crippen molar-refractivity contribution in [2.24, 2.45) is 0 Å². The molecule has 1 unspecified atom stereocenters. The van der Waals surface area contributed by atoms with E-state index in [9.17, 15) is 4.79 Å². The van der Waals surface area contributed by atoms with Crippen LogP contribution in [0.1, 0.15) is 36.4 Å². The average Bonchev–Trinajstić information content (AvgIpc) is 2.46. The fourth-order valence-electron chi connectivity index (χ4n) is 1.60. The maximum absolute atomic E-state index is 11.4. The van der Waals surface area contributed by atoms with E-state index in [1.54, 1.807) is 0 Å². The summed E-state index contributed by atoms with van der Waals surface area (Å²) in [6, 6.07) is -0.0661. The van der Waals surface area contributed by atoms with Crippen LogP contribution in [0.2, 0.25) is 0 Å². The Kier molecular flexibility index (Phi) is 4.20. The third kappa shape index (κ3) is 2.99. The summed E-state index contributed by atoms with van der Waals surface area (Å²) in [5.41, 5.74) is 1.79. The number of carbonyl (C=O) groups excluding carboxylic acids is 1. The molecule has 0 saturated carbocycles. The average molecular weight is 228 g/mol. The fourth-order valence-corrected chi connectivity index (χ4v) is 1.80. The van der Waals surface area contributed by atoms with Gasteiger partial charge in [0.1, 0.15) is 5.76 Å². The highest BCUT2D eigenvalue weighted by Crippen LogP contribution is 2.20. The summed E-state index contributed by atoms with van der Waals surface area (Å²) in [5.74, 6) is 1.31. The van der Waals surface area contributed by atoms with E-state index >= 15 is 0 Å². The molecule has 15 heavy (non-hydrogen) atoms. The lowest BCUT2D eigenvalue weighted by Crippen LogP contribution is -2.27. The third-order valence-corrected chi connectivity index (χ3v) is 2.46. The van der Waals surface area contributed by atoms with Crippen molar-refractivity contribution in [1.82, 2.24) is 10.5 Å². The number of nitrogens with zero attached hydrogens (tertiary/aromatic N) is 1. The third-order valence-electron chi connectivity index (χ3n) is 2.24. The van der Waals surface area contributed by atoms with E-state index < -0.39 is 0 Å². The van der Waals surface area contributed by atoms with Crippen molar-refractivity contribution < 1.29 is 9.32 Å². The molecule has 1 atom stereocenters. The first-order chi connectivity index (χ1) is 7.06. The summed E-state index contributed by atoms with van der Waals surface area (Å²) >= 11 is 4.01. The first kappa shape index (κ1) is 12.1. The minimum atomic E-state index is -0.0661. The van der Waals surface area contributed by atoms with Gasteiger partial charge in [-0.1, -0.05) is 5.16 Å². The molecule has 0 fully saturated rings. The zero-order valence-corrected chi connectivity index (χ0v) is 10.1. The van der Waals surface area contributed by atoms with Crippen LogP contribution in [-0.4, -0.2) is 16.8 Å². The lowest BCUT2D eigenvalue weighted by molar-refractivity contribution is -0.121. The van der Waals surface area contributed by atoms with E-state index in [1.807, 2.05) is 20.8 Å². The quantitative estimate of drug-likeness (QED) is 0.772. The molecular formula is C10H16N2O2S. The zero-order valence-electron chi connectivity index (χ0n) is 9.20. The van der Waals surface area contributed by atoms with Gasteiger partial charge in [-0.05, 0) is 26.5 Å². The number of amides is 1. The van der Waals surface area contributed by atoms with Crippen LogP contribution in [0.25, 0.3) is 0 Å². The lowest BCUT2D eigenvalue weighted by atomic mass is 10.1. The Morgan fingerprint density at radius 2 is 2.27 bits per heavy atom. The number of rotatable bonds is 4. The van der Waals surface area contributed by atoms with Crippen LogP contribution in [0.4, 0.5) is 0 Å². The molecule has 0 bridgehead atoms. The second kappa shape index (κ2) is 5.21. The van der Waals surface area contributed by atoms with Crippen LogP contribution in [0.5, 0.6) is 0 Å². The first-order valence-electron chi connectivity index (χ1n) is 4.89. The predicted octanol–water partition coefficient (Wildman–Crippen LogP) is 1.79. The molecule has 0 aliphatic rings. The van der Waals surface area contributed by atoms with Gasteiger partial charge in [0.2, 0.25) is 5.91 Å². The van der Waals surface area contributed by atoms with Crippen molar-refractivity contribution >= 4 is 18.5 Å². The van der Waals surface area contributed by atoms with Gasteiger partial charge in [-0.2, -0.15) is 12.6 Å². The van der Waals surface area contributed by atoms with Crippen LogP contribution in [0, 0.1) is 13.8 Å². The molecule has 4 nitrogen and oxygen atoms in total. The fraction of sp³-hybridized carbons (Fsp3) is 0.600. The highest BCUT2D eigenvalue weighted by Gasteiger charge is 2.17. The van der Waals surface area contributed by atoms with Gasteiger partial charge < -0.3 is 9.84 Å². The SMILES string of the molecule is Cc1noc(C)c1C(C)NC(=O)CCS. The minimum Gasteiger partial charge on any atom is -0.361 e. The molecule has 1 heterocycles. The van der Waals surface area contributed by atoms with Crippen LogP contribution in [-0.2, 0) is 4.79 Å². The minimum absolute atomic E-state index is 0.00231. The lowest BCUT2D eigenvalue weighted by Gasteiger charge is -2.13. The summed E-state index contributed by atoms with van der Waals surface area (Å²) in [5, 5.41) is 6.73. The predicted molar refractivity (Wildman–Crippen MR) is 61.0 cm³/mol. The van der Waals surface area contributed by atoms with Crippen LogP contribution < -0.4 is 5.32 Å². The second-order valence-corrected chi connectivity index (χ2v) is 3.95. The molecule has 1 rings (SSSR count). The van der Waals surface area contributed by atoms with Gasteiger partial charge in [0.15, 0.2) is 0 Å². The van der Waals surface area contributed by atoms with Gasteiger partial charge in [-0.25, -0.2) is 0 Å². The van der Waals surface area contributed by atoms with E-state index in [0.29, 0.717) is 12.2 Å². The number of carbonyl (C=O) groups is 1. The summed E-state index contributed by atoms with van der Waals surface area (Å²) in [6.45, 7) is 5.63. The van der Waals surface area contributed by atoms with Crippen molar-refractivity contribution in [3.8, 4) is 0 Å². The number of aromatic nitrogens is 1. The topological polar surface area (TPSA) is 55.1 Å². The van der Waals surface area contributed by atoms with Crippen LogP contribution in [0.15, 0.2) is 4.52 Å². The molecular weight excluding hydrogens is 212 g/mol. The molecule has 0 aliphatic carbocycles. The van der Waals surface area contributed by atoms with Gasteiger partial charge in [0.25, 0.3) is 0 Å². The summed E-state index contributed by atoms with van der Waals surface area (Å²) in [6.07, 6.45) is 0.427. The van der Waals surface area contributed by atoms with E-state index in [1.165, 1.54) is 0 Å². The van der Waals surface area contributed by atoms with Crippen molar-refractivity contribution in [1.29, 1.82) is 0 Å². The highest BCUT2D eigenvalue weighted by atomic mass is 32.1. The molecule has 0 radical (unpaired) electrons. The van der Waals surface area contributed by atoms with Crippen molar-refractivity contribution in [3.63, 3.8) is 0 Å². The molecule has 1 N–H and O–H groups in total. The van der Waals surface area contributed by atoms with Crippen LogP contribution in [0.3, 0.4) is 0 Å². The maximum atomic E-state index is 11.4. The van der Waals surface area contributed by atoms with Gasteiger partial charge in [0.05, 0.1) is 11.7 Å². The molecule has 1 amide bonds. The first-order valence-corrected chi connectivity index (χ1v) is 5.52.